The van der Waals surface area contributed by atoms with Gasteiger partial charge in [0, 0.05) is 38.1 Å². The molecule has 0 bridgehead atoms. The summed E-state index contributed by atoms with van der Waals surface area (Å²) in [6, 6.07) is 3.95. The van der Waals surface area contributed by atoms with Gasteiger partial charge >= 0.3 is 0 Å². The Balaban J connectivity index is 2.57. The van der Waals surface area contributed by atoms with Crippen molar-refractivity contribution in [1.82, 2.24) is 4.98 Å². The zero-order chi connectivity index (χ0) is 12.0. The lowest BCUT2D eigenvalue weighted by Gasteiger charge is -2.23. The molecule has 4 nitrogen and oxygen atoms in total. The van der Waals surface area contributed by atoms with Crippen LogP contribution in [0, 0.1) is 0 Å². The normalized spacial score (nSPS) is 11.2. The summed E-state index contributed by atoms with van der Waals surface area (Å²) in [7, 11) is 1.72. The summed E-state index contributed by atoms with van der Waals surface area (Å²) >= 11 is 0. The predicted octanol–water partition coefficient (Wildman–Crippen LogP) is 2.35. The Labute approximate surface area is 97.4 Å². The molecule has 0 saturated heterocycles. The molecule has 16 heavy (non-hydrogen) atoms. The van der Waals surface area contributed by atoms with Crippen LogP contribution < -0.4 is 10.6 Å². The maximum absolute atomic E-state index is 5.34. The van der Waals surface area contributed by atoms with E-state index in [2.05, 4.69) is 22.5 Å². The first-order chi connectivity index (χ1) is 7.57. The second kappa shape index (κ2) is 5.70. The summed E-state index contributed by atoms with van der Waals surface area (Å²) < 4.78 is 5.34. The van der Waals surface area contributed by atoms with Crippen LogP contribution in [0.25, 0.3) is 0 Å². The summed E-state index contributed by atoms with van der Waals surface area (Å²) in [5, 5.41) is 6.51. The number of nitrogens with one attached hydrogen (secondary N) is 2. The Morgan fingerprint density at radius 2 is 2.12 bits per heavy atom. The number of anilines is 2. The average Bonchev–Trinajstić information content (AvgIpc) is 2.28. The van der Waals surface area contributed by atoms with E-state index in [0.717, 1.165) is 24.6 Å². The molecule has 2 N–H and O–H groups in total. The maximum atomic E-state index is 5.34. The van der Waals surface area contributed by atoms with E-state index in [1.54, 1.807) is 13.3 Å². The van der Waals surface area contributed by atoms with Crippen molar-refractivity contribution in [2.45, 2.75) is 26.4 Å². The van der Waals surface area contributed by atoms with Crippen molar-refractivity contribution in [2.24, 2.45) is 0 Å². The zero-order valence-electron chi connectivity index (χ0n) is 10.5. The van der Waals surface area contributed by atoms with E-state index in [0.29, 0.717) is 0 Å². The van der Waals surface area contributed by atoms with Crippen LogP contribution in [-0.2, 0) is 4.74 Å². The molecule has 0 amide bonds. The van der Waals surface area contributed by atoms with Gasteiger partial charge in [-0.05, 0) is 26.8 Å². The highest BCUT2D eigenvalue weighted by molar-refractivity contribution is 5.51. The van der Waals surface area contributed by atoms with Crippen LogP contribution in [0.3, 0.4) is 0 Å². The summed E-state index contributed by atoms with van der Waals surface area (Å²) in [4.78, 5) is 4.21. The van der Waals surface area contributed by atoms with Gasteiger partial charge in [0.2, 0.25) is 0 Å². The second-order valence-electron chi connectivity index (χ2n) is 4.28. The molecule has 0 aliphatic carbocycles. The van der Waals surface area contributed by atoms with E-state index < -0.39 is 0 Å². The topological polar surface area (TPSA) is 46.2 Å². The van der Waals surface area contributed by atoms with Crippen molar-refractivity contribution in [3.8, 4) is 0 Å². The van der Waals surface area contributed by atoms with E-state index in [9.17, 15) is 0 Å². The molecule has 1 heterocycles. The minimum absolute atomic E-state index is 0.165. The molecule has 1 aromatic heterocycles. The predicted molar refractivity (Wildman–Crippen MR) is 68.0 cm³/mol. The standard InChI is InChI=1S/C12H21N3O/c1-5-13-11-8-10(6-7-14-11)15-9-12(2,3)16-4/h6-8H,5,9H2,1-4H3,(H2,13,14,15). The Bertz CT molecular complexity index is 326. The molecular formula is C12H21N3O. The monoisotopic (exact) mass is 223 g/mol. The van der Waals surface area contributed by atoms with Crippen LogP contribution in [0.2, 0.25) is 0 Å². The lowest BCUT2D eigenvalue weighted by molar-refractivity contribution is 0.0344. The number of rotatable bonds is 6. The first kappa shape index (κ1) is 12.8. The van der Waals surface area contributed by atoms with Crippen molar-refractivity contribution in [2.75, 3.05) is 30.8 Å². The Morgan fingerprint density at radius 1 is 1.38 bits per heavy atom. The summed E-state index contributed by atoms with van der Waals surface area (Å²) in [5.74, 6) is 0.891. The number of ether oxygens (including phenoxy) is 1. The maximum Gasteiger partial charge on any atom is 0.127 e. The van der Waals surface area contributed by atoms with Crippen molar-refractivity contribution in [1.29, 1.82) is 0 Å². The van der Waals surface area contributed by atoms with E-state index in [4.69, 9.17) is 4.74 Å². The third-order valence-electron chi connectivity index (χ3n) is 2.39. The molecule has 0 aromatic carbocycles. The fourth-order valence-electron chi connectivity index (χ4n) is 1.21. The van der Waals surface area contributed by atoms with Crippen LogP contribution >= 0.6 is 0 Å². The number of pyridine rings is 1. The highest BCUT2D eigenvalue weighted by atomic mass is 16.5. The summed E-state index contributed by atoms with van der Waals surface area (Å²) in [6.45, 7) is 7.79. The molecule has 0 fully saturated rings. The Kier molecular flexibility index (Phi) is 4.55. The van der Waals surface area contributed by atoms with Gasteiger partial charge in [0.15, 0.2) is 0 Å². The number of aromatic nitrogens is 1. The zero-order valence-corrected chi connectivity index (χ0v) is 10.5. The lowest BCUT2D eigenvalue weighted by Crippen LogP contribution is -2.32. The minimum atomic E-state index is -0.165. The average molecular weight is 223 g/mol. The largest absolute Gasteiger partial charge is 0.382 e. The quantitative estimate of drug-likeness (QED) is 0.777. The fraction of sp³-hybridized carbons (Fsp3) is 0.583. The minimum Gasteiger partial charge on any atom is -0.382 e. The Hall–Kier alpha value is -1.29. The van der Waals surface area contributed by atoms with Crippen molar-refractivity contribution >= 4 is 11.5 Å². The van der Waals surface area contributed by atoms with Gasteiger partial charge in [-0.15, -0.1) is 0 Å². The summed E-state index contributed by atoms with van der Waals surface area (Å²) in [6.07, 6.45) is 1.79. The molecule has 0 unspecified atom stereocenters. The number of methoxy groups -OCH3 is 1. The highest BCUT2D eigenvalue weighted by Crippen LogP contribution is 2.14. The van der Waals surface area contributed by atoms with Crippen LogP contribution in [0.4, 0.5) is 11.5 Å². The van der Waals surface area contributed by atoms with E-state index >= 15 is 0 Å². The molecule has 0 atom stereocenters. The molecule has 0 aliphatic heterocycles. The van der Waals surface area contributed by atoms with Gasteiger partial charge in [-0.2, -0.15) is 0 Å². The first-order valence-corrected chi connectivity index (χ1v) is 5.56. The Morgan fingerprint density at radius 3 is 2.75 bits per heavy atom. The SMILES string of the molecule is CCNc1cc(NCC(C)(C)OC)ccn1. The molecule has 0 aliphatic rings. The van der Waals surface area contributed by atoms with Crippen LogP contribution in [0.5, 0.6) is 0 Å². The molecular weight excluding hydrogens is 202 g/mol. The van der Waals surface area contributed by atoms with Crippen LogP contribution in [-0.4, -0.2) is 30.8 Å². The van der Waals surface area contributed by atoms with Gasteiger partial charge in [-0.25, -0.2) is 4.98 Å². The number of hydrogen-bond donors (Lipinski definition) is 2. The van der Waals surface area contributed by atoms with Gasteiger partial charge in [-0.1, -0.05) is 0 Å². The third-order valence-corrected chi connectivity index (χ3v) is 2.39. The van der Waals surface area contributed by atoms with E-state index in [-0.39, 0.29) is 5.60 Å². The molecule has 4 heteroatoms. The molecule has 0 radical (unpaired) electrons. The van der Waals surface area contributed by atoms with Crippen molar-refractivity contribution in [3.05, 3.63) is 18.3 Å². The second-order valence-corrected chi connectivity index (χ2v) is 4.28. The van der Waals surface area contributed by atoms with Gasteiger partial charge in [0.25, 0.3) is 0 Å². The van der Waals surface area contributed by atoms with E-state index in [1.807, 2.05) is 26.0 Å². The summed E-state index contributed by atoms with van der Waals surface area (Å²) in [5.41, 5.74) is 0.887. The van der Waals surface area contributed by atoms with Crippen LogP contribution in [0.15, 0.2) is 18.3 Å². The smallest absolute Gasteiger partial charge is 0.127 e. The lowest BCUT2D eigenvalue weighted by atomic mass is 10.1. The third kappa shape index (κ3) is 4.06. The number of hydrogen-bond acceptors (Lipinski definition) is 4. The van der Waals surface area contributed by atoms with Crippen LogP contribution in [0.1, 0.15) is 20.8 Å². The van der Waals surface area contributed by atoms with Gasteiger partial charge < -0.3 is 15.4 Å². The van der Waals surface area contributed by atoms with Crippen molar-refractivity contribution < 1.29 is 4.74 Å². The van der Waals surface area contributed by atoms with Gasteiger partial charge in [-0.3, -0.25) is 0 Å². The number of nitrogens with zero attached hydrogens (tertiary/aromatic N) is 1. The molecule has 90 valence electrons. The highest BCUT2D eigenvalue weighted by Gasteiger charge is 2.15. The molecule has 1 aromatic rings. The molecule has 0 saturated carbocycles. The fourth-order valence-corrected chi connectivity index (χ4v) is 1.21. The van der Waals surface area contributed by atoms with Crippen molar-refractivity contribution in [3.63, 3.8) is 0 Å². The molecule has 1 rings (SSSR count). The van der Waals surface area contributed by atoms with Gasteiger partial charge in [0.1, 0.15) is 5.82 Å². The first-order valence-electron chi connectivity index (χ1n) is 5.56. The molecule has 0 spiro atoms. The van der Waals surface area contributed by atoms with Gasteiger partial charge in [0.05, 0.1) is 5.60 Å². The van der Waals surface area contributed by atoms with E-state index in [1.165, 1.54) is 0 Å².